The van der Waals surface area contributed by atoms with E-state index in [9.17, 15) is 0 Å². The molecule has 0 radical (unpaired) electrons. The molecule has 0 saturated heterocycles. The van der Waals surface area contributed by atoms with E-state index in [4.69, 9.17) is 6.57 Å². The highest BCUT2D eigenvalue weighted by atomic mass is 14.7. The Bertz CT molecular complexity index is 1100. The Balaban J connectivity index is 1.80. The fraction of sp³-hybridized carbons (Fsp3) is 0.0870. The minimum absolute atomic E-state index is 0.681. The number of aryl methyl sites for hydroxylation is 1. The van der Waals surface area contributed by atoms with Gasteiger partial charge in [0.15, 0.2) is 5.69 Å². The zero-order valence-electron chi connectivity index (χ0n) is 14.1. The van der Waals surface area contributed by atoms with E-state index in [2.05, 4.69) is 71.5 Å². The van der Waals surface area contributed by atoms with Crippen LogP contribution >= 0.6 is 0 Å². The molecule has 0 amide bonds. The molecule has 0 saturated carbocycles. The Kier molecular flexibility index (Phi) is 3.84. The third-order valence-electron chi connectivity index (χ3n) is 4.71. The number of fused-ring (bicyclic) bond motifs is 1. The molecule has 0 atom stereocenters. The van der Waals surface area contributed by atoms with Crippen molar-refractivity contribution in [1.29, 1.82) is 0 Å². The molecule has 4 aromatic rings. The zero-order valence-corrected chi connectivity index (χ0v) is 14.1. The van der Waals surface area contributed by atoms with Crippen molar-refractivity contribution < 1.29 is 0 Å². The van der Waals surface area contributed by atoms with Crippen LogP contribution in [0.15, 0.2) is 72.9 Å². The quantitative estimate of drug-likeness (QED) is 0.428. The maximum Gasteiger partial charge on any atom is 0.187 e. The number of aromatic nitrogens is 1. The summed E-state index contributed by atoms with van der Waals surface area (Å²) in [7, 11) is 0. The molecule has 0 bridgehead atoms. The van der Waals surface area contributed by atoms with E-state index < -0.39 is 0 Å². The van der Waals surface area contributed by atoms with Gasteiger partial charge in [-0.1, -0.05) is 54.6 Å². The Labute approximate surface area is 147 Å². The highest BCUT2D eigenvalue weighted by Crippen LogP contribution is 2.31. The second-order valence-electron chi connectivity index (χ2n) is 6.30. The molecule has 1 N–H and O–H groups in total. The first-order valence-corrected chi connectivity index (χ1v) is 8.37. The third kappa shape index (κ3) is 2.81. The number of nitrogens with zero attached hydrogens (tertiary/aromatic N) is 1. The summed E-state index contributed by atoms with van der Waals surface area (Å²) >= 11 is 0. The largest absolute Gasteiger partial charge is 0.361 e. The van der Waals surface area contributed by atoms with Crippen molar-refractivity contribution in [1.82, 2.24) is 4.98 Å². The number of H-pyrrole nitrogens is 1. The summed E-state index contributed by atoms with van der Waals surface area (Å²) in [6.07, 6.45) is 2.90. The lowest BCUT2D eigenvalue weighted by Gasteiger charge is -2.12. The Morgan fingerprint density at radius 3 is 2.44 bits per heavy atom. The second-order valence-corrected chi connectivity index (χ2v) is 6.30. The molecule has 1 aromatic heterocycles. The number of rotatable bonds is 3. The molecule has 4 rings (SSSR count). The highest BCUT2D eigenvalue weighted by Gasteiger charge is 2.10. The van der Waals surface area contributed by atoms with Gasteiger partial charge in [0.25, 0.3) is 0 Å². The summed E-state index contributed by atoms with van der Waals surface area (Å²) in [5.74, 6) is 0. The molecular formula is C23H18N2. The van der Waals surface area contributed by atoms with Gasteiger partial charge in [-0.2, -0.15) is 0 Å². The number of benzene rings is 3. The van der Waals surface area contributed by atoms with E-state index in [1.54, 1.807) is 0 Å². The van der Waals surface area contributed by atoms with Gasteiger partial charge in [0.05, 0.1) is 6.57 Å². The predicted molar refractivity (Wildman–Crippen MR) is 104 cm³/mol. The normalized spacial score (nSPS) is 10.7. The monoisotopic (exact) mass is 322 g/mol. The van der Waals surface area contributed by atoms with Crippen LogP contribution in [-0.4, -0.2) is 4.98 Å². The van der Waals surface area contributed by atoms with Crippen LogP contribution in [0.1, 0.15) is 16.7 Å². The van der Waals surface area contributed by atoms with Crippen molar-refractivity contribution in [3.8, 4) is 11.1 Å². The Hall–Kier alpha value is -3.31. The molecule has 0 fully saturated rings. The second kappa shape index (κ2) is 6.30. The maximum absolute atomic E-state index is 7.25. The molecule has 25 heavy (non-hydrogen) atoms. The van der Waals surface area contributed by atoms with Gasteiger partial charge >= 0.3 is 0 Å². The molecule has 0 spiro atoms. The molecule has 2 heteroatoms. The fourth-order valence-electron chi connectivity index (χ4n) is 3.40. The van der Waals surface area contributed by atoms with Crippen LogP contribution < -0.4 is 0 Å². The van der Waals surface area contributed by atoms with Crippen molar-refractivity contribution in [3.63, 3.8) is 0 Å². The maximum atomic E-state index is 7.25. The first-order chi connectivity index (χ1) is 12.3. The van der Waals surface area contributed by atoms with Crippen LogP contribution in [0.5, 0.6) is 0 Å². The van der Waals surface area contributed by atoms with Gasteiger partial charge in [0, 0.05) is 18.1 Å². The van der Waals surface area contributed by atoms with Crippen LogP contribution in [0.4, 0.5) is 5.69 Å². The van der Waals surface area contributed by atoms with Gasteiger partial charge in [-0.05, 0) is 52.3 Å². The minimum atomic E-state index is 0.681. The zero-order chi connectivity index (χ0) is 17.2. The van der Waals surface area contributed by atoms with Crippen molar-refractivity contribution in [3.05, 3.63) is 101 Å². The number of aromatic amines is 1. The van der Waals surface area contributed by atoms with E-state index in [1.165, 1.54) is 27.8 Å². The lowest BCUT2D eigenvalue weighted by atomic mass is 9.92. The van der Waals surface area contributed by atoms with Gasteiger partial charge in [0.2, 0.25) is 0 Å². The Morgan fingerprint density at radius 1 is 0.880 bits per heavy atom. The smallest absolute Gasteiger partial charge is 0.187 e. The van der Waals surface area contributed by atoms with E-state index in [-0.39, 0.29) is 0 Å². The van der Waals surface area contributed by atoms with Crippen LogP contribution in [0.25, 0.3) is 26.9 Å². The highest BCUT2D eigenvalue weighted by molar-refractivity contribution is 5.87. The minimum Gasteiger partial charge on any atom is -0.361 e. The lowest BCUT2D eigenvalue weighted by Crippen LogP contribution is -1.93. The SMILES string of the molecule is [C-]#[N+]c1ccc2[nH]cc(Cc3ccccc3-c3ccccc3C)c2c1. The van der Waals surface area contributed by atoms with Gasteiger partial charge in [-0.15, -0.1) is 0 Å². The average Bonchev–Trinajstić information content (AvgIpc) is 3.05. The molecule has 2 nitrogen and oxygen atoms in total. The van der Waals surface area contributed by atoms with Crippen molar-refractivity contribution >= 4 is 16.6 Å². The predicted octanol–water partition coefficient (Wildman–Crippen LogP) is 6.28. The van der Waals surface area contributed by atoms with E-state index in [0.717, 1.165) is 17.3 Å². The topological polar surface area (TPSA) is 20.1 Å². The molecular weight excluding hydrogens is 304 g/mol. The molecule has 3 aromatic carbocycles. The van der Waals surface area contributed by atoms with Crippen LogP contribution in [0.3, 0.4) is 0 Å². The van der Waals surface area contributed by atoms with Crippen LogP contribution in [0.2, 0.25) is 0 Å². The summed E-state index contributed by atoms with van der Waals surface area (Å²) in [4.78, 5) is 6.89. The van der Waals surface area contributed by atoms with E-state index >= 15 is 0 Å². The van der Waals surface area contributed by atoms with Crippen molar-refractivity contribution in [2.45, 2.75) is 13.3 Å². The first kappa shape index (κ1) is 15.2. The van der Waals surface area contributed by atoms with E-state index in [1.807, 2.05) is 18.2 Å². The third-order valence-corrected chi connectivity index (χ3v) is 4.71. The number of nitrogens with one attached hydrogen (secondary N) is 1. The fourth-order valence-corrected chi connectivity index (χ4v) is 3.40. The summed E-state index contributed by atoms with van der Waals surface area (Å²) in [5.41, 5.74) is 8.11. The molecule has 0 aliphatic carbocycles. The van der Waals surface area contributed by atoms with Gasteiger partial charge < -0.3 is 4.98 Å². The molecule has 1 heterocycles. The Morgan fingerprint density at radius 2 is 1.64 bits per heavy atom. The summed E-state index contributed by atoms with van der Waals surface area (Å²) in [5, 5.41) is 1.13. The van der Waals surface area contributed by atoms with Crippen LogP contribution in [0, 0.1) is 13.5 Å². The van der Waals surface area contributed by atoms with Crippen molar-refractivity contribution in [2.75, 3.05) is 0 Å². The lowest BCUT2D eigenvalue weighted by molar-refractivity contribution is 1.21. The molecule has 0 aliphatic heterocycles. The summed E-state index contributed by atoms with van der Waals surface area (Å²) < 4.78 is 0. The summed E-state index contributed by atoms with van der Waals surface area (Å²) in [6, 6.07) is 22.9. The molecule has 0 unspecified atom stereocenters. The number of hydrogen-bond donors (Lipinski definition) is 1. The van der Waals surface area contributed by atoms with E-state index in [0.29, 0.717) is 5.69 Å². The van der Waals surface area contributed by atoms with Gasteiger partial charge in [-0.25, -0.2) is 4.85 Å². The van der Waals surface area contributed by atoms with Gasteiger partial charge in [0.1, 0.15) is 0 Å². The van der Waals surface area contributed by atoms with Gasteiger partial charge in [-0.3, -0.25) is 0 Å². The number of hydrogen-bond acceptors (Lipinski definition) is 0. The van der Waals surface area contributed by atoms with Crippen molar-refractivity contribution in [2.24, 2.45) is 0 Å². The van der Waals surface area contributed by atoms with Crippen LogP contribution in [-0.2, 0) is 6.42 Å². The average molecular weight is 322 g/mol. The first-order valence-electron chi connectivity index (χ1n) is 8.37. The summed E-state index contributed by atoms with van der Waals surface area (Å²) in [6.45, 7) is 9.40. The standard InChI is InChI=1S/C23H18N2/c1-16-7-3-5-9-20(16)21-10-6-4-8-17(21)13-18-15-25-23-12-11-19(24-2)14-22(18)23/h3-12,14-15,25H,13H2,1H3. The molecule has 120 valence electrons. The molecule has 0 aliphatic rings.